The number of rotatable bonds is 7. The molecule has 1 aliphatic rings. The number of nitrogens with zero attached hydrogens (tertiary/aromatic N) is 2. The van der Waals surface area contributed by atoms with Crippen molar-refractivity contribution in [2.45, 2.75) is 32.7 Å². The van der Waals surface area contributed by atoms with Gasteiger partial charge in [0.1, 0.15) is 17.7 Å². The molecule has 2 aromatic rings. The summed E-state index contributed by atoms with van der Waals surface area (Å²) in [6.45, 7) is 5.56. The smallest absolute Gasteiger partial charge is 0.253 e. The predicted octanol–water partition coefficient (Wildman–Crippen LogP) is 3.48. The van der Waals surface area contributed by atoms with E-state index in [1.807, 2.05) is 13.8 Å². The highest BCUT2D eigenvalue weighted by Crippen LogP contribution is 2.24. The van der Waals surface area contributed by atoms with Gasteiger partial charge in [-0.3, -0.25) is 14.4 Å². The monoisotopic (exact) mass is 457 g/mol. The molecule has 1 aliphatic heterocycles. The van der Waals surface area contributed by atoms with Crippen LogP contribution in [0.2, 0.25) is 0 Å². The van der Waals surface area contributed by atoms with Crippen molar-refractivity contribution in [2.75, 3.05) is 26.2 Å². The fourth-order valence-electron chi connectivity index (χ4n) is 4.18. The first-order valence-electron chi connectivity index (χ1n) is 11.2. The molecule has 0 aromatic heterocycles. The summed E-state index contributed by atoms with van der Waals surface area (Å²) in [5, 5.41) is 2.85. The van der Waals surface area contributed by atoms with Gasteiger partial charge in [-0.1, -0.05) is 6.07 Å². The van der Waals surface area contributed by atoms with Gasteiger partial charge in [-0.25, -0.2) is 8.78 Å². The second-order valence-electron chi connectivity index (χ2n) is 8.11. The summed E-state index contributed by atoms with van der Waals surface area (Å²) in [5.74, 6) is -1.96. The first-order chi connectivity index (χ1) is 15.8. The summed E-state index contributed by atoms with van der Waals surface area (Å²) < 4.78 is 26.7. The van der Waals surface area contributed by atoms with E-state index in [2.05, 4.69) is 5.32 Å². The second-order valence-corrected chi connectivity index (χ2v) is 8.11. The quantitative estimate of drug-likeness (QED) is 0.692. The molecule has 8 heteroatoms. The fourth-order valence-corrected chi connectivity index (χ4v) is 4.18. The lowest BCUT2D eigenvalue weighted by Gasteiger charge is -2.37. The van der Waals surface area contributed by atoms with Crippen LogP contribution in [0.5, 0.6) is 0 Å². The number of benzene rings is 2. The first kappa shape index (κ1) is 24.4. The number of halogens is 2. The Morgan fingerprint density at radius 2 is 1.61 bits per heavy atom. The highest BCUT2D eigenvalue weighted by atomic mass is 19.1. The van der Waals surface area contributed by atoms with Crippen molar-refractivity contribution in [3.8, 4) is 0 Å². The number of carbonyl (C=O) groups excluding carboxylic acids is 3. The zero-order valence-electron chi connectivity index (χ0n) is 18.9. The number of hydrogen-bond donors (Lipinski definition) is 1. The number of amides is 3. The van der Waals surface area contributed by atoms with E-state index in [9.17, 15) is 23.2 Å². The van der Waals surface area contributed by atoms with E-state index in [4.69, 9.17) is 0 Å². The molecule has 33 heavy (non-hydrogen) atoms. The van der Waals surface area contributed by atoms with Gasteiger partial charge in [-0.15, -0.1) is 0 Å². The molecule has 1 N–H and O–H groups in total. The maximum absolute atomic E-state index is 13.5. The lowest BCUT2D eigenvalue weighted by molar-refractivity contribution is -0.134. The highest BCUT2D eigenvalue weighted by Gasteiger charge is 2.35. The van der Waals surface area contributed by atoms with Gasteiger partial charge in [0, 0.05) is 37.3 Å². The minimum Gasteiger partial charge on any atom is -0.341 e. The summed E-state index contributed by atoms with van der Waals surface area (Å²) in [6, 6.07) is 9.98. The largest absolute Gasteiger partial charge is 0.341 e. The molecule has 6 nitrogen and oxygen atoms in total. The lowest BCUT2D eigenvalue weighted by Crippen LogP contribution is -2.54. The molecule has 0 unspecified atom stereocenters. The van der Waals surface area contributed by atoms with Gasteiger partial charge in [0.2, 0.25) is 5.91 Å². The summed E-state index contributed by atoms with van der Waals surface area (Å²) in [6.07, 6.45) is 1.03. The van der Waals surface area contributed by atoms with Crippen molar-refractivity contribution in [3.05, 3.63) is 71.3 Å². The van der Waals surface area contributed by atoms with Crippen molar-refractivity contribution < 1.29 is 23.2 Å². The van der Waals surface area contributed by atoms with E-state index in [0.29, 0.717) is 39.0 Å². The van der Waals surface area contributed by atoms with E-state index in [-0.39, 0.29) is 28.9 Å². The number of carbonyl (C=O) groups is 3. The minimum atomic E-state index is -0.756. The molecular weight excluding hydrogens is 428 g/mol. The number of likely N-dealkylation sites (tertiary alicyclic amines) is 1. The first-order valence-corrected chi connectivity index (χ1v) is 11.2. The fraction of sp³-hybridized carbons (Fsp3) is 0.400. The highest BCUT2D eigenvalue weighted by molar-refractivity contribution is 5.97. The van der Waals surface area contributed by atoms with Gasteiger partial charge >= 0.3 is 0 Å². The van der Waals surface area contributed by atoms with Crippen molar-refractivity contribution in [3.63, 3.8) is 0 Å². The molecular formula is C25H29F2N3O3. The van der Waals surface area contributed by atoms with Crippen LogP contribution in [-0.4, -0.2) is 59.7 Å². The summed E-state index contributed by atoms with van der Waals surface area (Å²) in [4.78, 5) is 42.1. The van der Waals surface area contributed by atoms with E-state index in [1.165, 1.54) is 42.5 Å². The molecule has 0 bridgehead atoms. The van der Waals surface area contributed by atoms with E-state index >= 15 is 0 Å². The van der Waals surface area contributed by atoms with Crippen LogP contribution in [0.15, 0.2) is 48.5 Å². The van der Waals surface area contributed by atoms with Crippen molar-refractivity contribution >= 4 is 17.7 Å². The van der Waals surface area contributed by atoms with Crippen LogP contribution in [0.25, 0.3) is 0 Å². The minimum absolute atomic E-state index is 0.168. The van der Waals surface area contributed by atoms with Gasteiger partial charge in [-0.2, -0.15) is 0 Å². The average Bonchev–Trinajstić information content (AvgIpc) is 2.83. The maximum atomic E-state index is 13.5. The van der Waals surface area contributed by atoms with Crippen LogP contribution in [0.1, 0.15) is 47.4 Å². The van der Waals surface area contributed by atoms with Crippen molar-refractivity contribution in [2.24, 2.45) is 5.92 Å². The third-order valence-corrected chi connectivity index (χ3v) is 6.10. The standard InChI is InChI=1S/C25H29F2N3O3/c1-3-29(4-2)25(33)22(28-23(31)18-8-10-20(26)11-9-18)17-12-14-30(15-13-17)24(32)19-6-5-7-21(27)16-19/h5-11,16-17,22H,3-4,12-15H2,1-2H3,(H,28,31)/t22-/m1/s1. The SMILES string of the molecule is CCN(CC)C(=O)[C@H](NC(=O)c1ccc(F)cc1)C1CCN(C(=O)c2cccc(F)c2)CC1. The molecule has 3 rings (SSSR count). The number of likely N-dealkylation sites (N-methyl/N-ethyl adjacent to an activating group) is 1. The van der Waals surface area contributed by atoms with Crippen LogP contribution >= 0.6 is 0 Å². The van der Waals surface area contributed by atoms with Gasteiger partial charge in [-0.05, 0) is 75.1 Å². The molecule has 2 aromatic carbocycles. The Kier molecular flexibility index (Phi) is 8.14. The van der Waals surface area contributed by atoms with Crippen LogP contribution in [0.3, 0.4) is 0 Å². The second kappa shape index (κ2) is 11.0. The third kappa shape index (κ3) is 5.94. The number of nitrogens with one attached hydrogen (secondary N) is 1. The summed E-state index contributed by atoms with van der Waals surface area (Å²) in [5.41, 5.74) is 0.557. The predicted molar refractivity (Wildman–Crippen MR) is 121 cm³/mol. The topological polar surface area (TPSA) is 69.7 Å². The third-order valence-electron chi connectivity index (χ3n) is 6.10. The molecule has 1 heterocycles. The van der Waals surface area contributed by atoms with Crippen molar-refractivity contribution in [1.82, 2.24) is 15.1 Å². The van der Waals surface area contributed by atoms with Crippen LogP contribution < -0.4 is 5.32 Å². The summed E-state index contributed by atoms with van der Waals surface area (Å²) >= 11 is 0. The van der Waals surface area contributed by atoms with E-state index in [1.54, 1.807) is 15.9 Å². The van der Waals surface area contributed by atoms with Gasteiger partial charge in [0.15, 0.2) is 0 Å². The average molecular weight is 458 g/mol. The van der Waals surface area contributed by atoms with Gasteiger partial charge in [0.25, 0.3) is 11.8 Å². The zero-order valence-corrected chi connectivity index (χ0v) is 18.9. The Morgan fingerprint density at radius 1 is 0.970 bits per heavy atom. The summed E-state index contributed by atoms with van der Waals surface area (Å²) in [7, 11) is 0. The molecule has 0 saturated carbocycles. The molecule has 3 amide bonds. The van der Waals surface area contributed by atoms with Crippen LogP contribution in [0.4, 0.5) is 8.78 Å². The Hall–Kier alpha value is -3.29. The molecule has 1 saturated heterocycles. The molecule has 1 atom stereocenters. The Balaban J connectivity index is 1.73. The normalized spacial score (nSPS) is 15.1. The lowest BCUT2D eigenvalue weighted by atomic mass is 9.87. The number of piperidine rings is 1. The molecule has 1 fully saturated rings. The molecule has 0 aliphatic carbocycles. The van der Waals surface area contributed by atoms with Gasteiger partial charge < -0.3 is 15.1 Å². The van der Waals surface area contributed by atoms with Gasteiger partial charge in [0.05, 0.1) is 0 Å². The Morgan fingerprint density at radius 3 is 2.18 bits per heavy atom. The molecule has 0 spiro atoms. The Bertz CT molecular complexity index is 985. The number of hydrogen-bond acceptors (Lipinski definition) is 3. The molecule has 0 radical (unpaired) electrons. The van der Waals surface area contributed by atoms with Crippen LogP contribution in [-0.2, 0) is 4.79 Å². The maximum Gasteiger partial charge on any atom is 0.253 e. The van der Waals surface area contributed by atoms with Crippen LogP contribution in [0, 0.1) is 17.6 Å². The molecule has 176 valence electrons. The van der Waals surface area contributed by atoms with Crippen molar-refractivity contribution in [1.29, 1.82) is 0 Å². The van der Waals surface area contributed by atoms with E-state index in [0.717, 1.165) is 0 Å². The zero-order chi connectivity index (χ0) is 24.0. The Labute approximate surface area is 192 Å². The van der Waals surface area contributed by atoms with E-state index < -0.39 is 23.6 Å².